The van der Waals surface area contributed by atoms with Gasteiger partial charge in [0.05, 0.1) is 64.8 Å². The van der Waals surface area contributed by atoms with Crippen LogP contribution in [-0.2, 0) is 43.5 Å². The molecule has 0 saturated heterocycles. The molecule has 4 amide bonds. The van der Waals surface area contributed by atoms with E-state index in [1.165, 1.54) is 43.8 Å². The van der Waals surface area contributed by atoms with Crippen LogP contribution >= 0.6 is 23.2 Å². The molecule has 2 atom stereocenters. The smallest absolute Gasteiger partial charge is 0.339 e. The molecule has 63 heavy (non-hydrogen) atoms. The zero-order chi connectivity index (χ0) is 44.6. The first-order chi connectivity index (χ1) is 30.4. The number of amides is 4. The van der Waals surface area contributed by atoms with Gasteiger partial charge in [-0.15, -0.1) is 0 Å². The number of aromatic carboxylic acids is 1. The summed E-state index contributed by atoms with van der Waals surface area (Å²) in [6.07, 6.45) is 11.6. The van der Waals surface area contributed by atoms with Gasteiger partial charge in [0.25, 0.3) is 0 Å². The van der Waals surface area contributed by atoms with Crippen molar-refractivity contribution in [2.45, 2.75) is 50.9 Å². The minimum atomic E-state index is -1.14. The highest BCUT2D eigenvalue weighted by atomic mass is 35.5. The third-order valence-corrected chi connectivity index (χ3v) is 11.3. The Morgan fingerprint density at radius 2 is 1.13 bits per heavy atom. The standard InChI is InChI=1S/C23H20ClFN4O3.C22H18ClFN4O3/c1-32-22(30)14-9-18(24)20(27-10-14)12-28-23(31)29-21-16-3-2-4-19(25)15(16)6-5-13-7-8-26-11-17(13)21;23-17-8-13(21(29)30)9-26-19(17)11-27-22(31)28-20-15-2-1-3-18(24)14(15)5-4-12-6-7-25-10-16(12)20/h2-4,7-11,21H,5-6,12H2,1H3,(H2,28,29,31);1-3,6-10,20H,4-5,11H2,(H,29,30)(H2,27,28,31). The average Bonchev–Trinajstić information content (AvgIpc) is 3.54. The maximum Gasteiger partial charge on any atom is 0.339 e. The third kappa shape index (κ3) is 10.2. The number of carbonyl (C=O) groups excluding carboxylic acids is 3. The second-order valence-corrected chi connectivity index (χ2v) is 15.2. The number of esters is 1. The van der Waals surface area contributed by atoms with Gasteiger partial charge in [-0.25, -0.2) is 28.0 Å². The number of hydrogen-bond donors (Lipinski definition) is 5. The Labute approximate surface area is 369 Å². The monoisotopic (exact) mass is 894 g/mol. The largest absolute Gasteiger partial charge is 0.478 e. The summed E-state index contributed by atoms with van der Waals surface area (Å²) >= 11 is 12.3. The number of carboxylic acids is 1. The quantitative estimate of drug-likeness (QED) is 0.0961. The fourth-order valence-electron chi connectivity index (χ4n) is 7.46. The fourth-order valence-corrected chi connectivity index (χ4v) is 7.93. The molecule has 5 N–H and O–H groups in total. The molecular weight excluding hydrogens is 857 g/mol. The molecule has 0 spiro atoms. The molecular formula is C45H38Cl2F2N8O6. The number of rotatable bonds is 8. The number of carboxylic acid groups (broad SMARTS) is 1. The fraction of sp³-hybridized carbons (Fsp3) is 0.200. The number of aryl methyl sites for hydroxylation is 2. The molecule has 0 radical (unpaired) electrons. The van der Waals surface area contributed by atoms with Crippen molar-refractivity contribution < 1.29 is 37.8 Å². The number of hydrogen-bond acceptors (Lipinski definition) is 9. The highest BCUT2D eigenvalue weighted by Crippen LogP contribution is 2.35. The van der Waals surface area contributed by atoms with Gasteiger partial charge in [-0.05, 0) is 95.5 Å². The summed E-state index contributed by atoms with van der Waals surface area (Å²) in [5.74, 6) is -2.29. The number of nitrogens with zero attached hydrogens (tertiary/aromatic N) is 4. The zero-order valence-corrected chi connectivity index (χ0v) is 34.9. The minimum Gasteiger partial charge on any atom is -0.478 e. The summed E-state index contributed by atoms with van der Waals surface area (Å²) in [6, 6.07) is 14.1. The topological polar surface area (TPSA) is 197 Å². The van der Waals surface area contributed by atoms with E-state index in [4.69, 9.17) is 28.3 Å². The van der Waals surface area contributed by atoms with Crippen molar-refractivity contribution in [2.24, 2.45) is 0 Å². The molecule has 2 unspecified atom stereocenters. The van der Waals surface area contributed by atoms with Crippen molar-refractivity contribution in [2.75, 3.05) is 7.11 Å². The predicted molar refractivity (Wildman–Crippen MR) is 227 cm³/mol. The summed E-state index contributed by atoms with van der Waals surface area (Å²) in [4.78, 5) is 64.5. The third-order valence-electron chi connectivity index (χ3n) is 10.6. The highest BCUT2D eigenvalue weighted by molar-refractivity contribution is 6.31. The first-order valence-electron chi connectivity index (χ1n) is 19.5. The normalized spacial score (nSPS) is 14.6. The Morgan fingerprint density at radius 3 is 1.57 bits per heavy atom. The molecule has 2 aliphatic rings. The lowest BCUT2D eigenvalue weighted by atomic mass is 9.96. The second kappa shape index (κ2) is 19.8. The number of halogens is 4. The van der Waals surface area contributed by atoms with Crippen LogP contribution in [0.25, 0.3) is 0 Å². The van der Waals surface area contributed by atoms with Gasteiger partial charge in [-0.1, -0.05) is 47.5 Å². The van der Waals surface area contributed by atoms with Gasteiger partial charge in [0.15, 0.2) is 0 Å². The van der Waals surface area contributed by atoms with Crippen molar-refractivity contribution >= 4 is 47.2 Å². The molecule has 2 aromatic carbocycles. The van der Waals surface area contributed by atoms with Crippen LogP contribution in [0.5, 0.6) is 0 Å². The summed E-state index contributed by atoms with van der Waals surface area (Å²) < 4.78 is 33.6. The number of pyridine rings is 4. The molecule has 0 fully saturated rings. The Balaban J connectivity index is 0.000000189. The Kier molecular flexibility index (Phi) is 13.8. The number of carbonyl (C=O) groups is 4. The molecule has 4 heterocycles. The van der Waals surface area contributed by atoms with Crippen molar-refractivity contribution in [1.82, 2.24) is 41.2 Å². The average molecular weight is 896 g/mol. The van der Waals surface area contributed by atoms with E-state index >= 15 is 0 Å². The minimum absolute atomic E-state index is 0.00676. The Morgan fingerprint density at radius 1 is 0.667 bits per heavy atom. The first kappa shape index (κ1) is 44.0. The molecule has 14 nitrogen and oxygen atoms in total. The molecule has 4 aromatic heterocycles. The van der Waals surface area contributed by atoms with Crippen LogP contribution in [0.1, 0.15) is 88.7 Å². The van der Waals surface area contributed by atoms with Crippen LogP contribution in [0.2, 0.25) is 10.0 Å². The molecule has 0 bridgehead atoms. The van der Waals surface area contributed by atoms with Crippen molar-refractivity contribution in [3.05, 3.63) is 187 Å². The number of ether oxygens (including phenoxy) is 1. The van der Waals surface area contributed by atoms with E-state index in [1.54, 1.807) is 43.0 Å². The van der Waals surface area contributed by atoms with Crippen molar-refractivity contribution in [3.63, 3.8) is 0 Å². The van der Waals surface area contributed by atoms with E-state index in [0.29, 0.717) is 59.3 Å². The number of benzene rings is 2. The number of nitrogens with one attached hydrogen (secondary N) is 4. The van der Waals surface area contributed by atoms with Gasteiger partial charge in [-0.2, -0.15) is 0 Å². The maximum absolute atomic E-state index is 14.5. The molecule has 0 aliphatic heterocycles. The molecule has 6 aromatic rings. The summed E-state index contributed by atoms with van der Waals surface area (Å²) in [6.45, 7) is 0.0297. The zero-order valence-electron chi connectivity index (χ0n) is 33.4. The van der Waals surface area contributed by atoms with Gasteiger partial charge in [0.1, 0.15) is 11.6 Å². The van der Waals surface area contributed by atoms with Crippen LogP contribution in [0.4, 0.5) is 18.4 Å². The van der Waals surface area contributed by atoms with Crippen molar-refractivity contribution in [3.8, 4) is 0 Å². The molecule has 2 aliphatic carbocycles. The SMILES string of the molecule is COC(=O)c1cnc(CNC(=O)NC2c3cnccc3CCc3c(F)cccc32)c(Cl)c1.O=C(NCc1ncc(C(=O)O)cc1Cl)NC1c2cnccc2CCc2c(F)cccc21. The van der Waals surface area contributed by atoms with E-state index in [9.17, 15) is 28.0 Å². The predicted octanol–water partition coefficient (Wildman–Crippen LogP) is 7.40. The molecule has 0 saturated carbocycles. The summed E-state index contributed by atoms with van der Waals surface area (Å²) in [7, 11) is 1.27. The molecule has 8 rings (SSSR count). The Hall–Kier alpha value is -7.04. The van der Waals surface area contributed by atoms with Gasteiger partial charge in [-0.3, -0.25) is 19.9 Å². The van der Waals surface area contributed by atoms with Crippen LogP contribution < -0.4 is 21.3 Å². The van der Waals surface area contributed by atoms with E-state index < -0.39 is 36.1 Å². The number of methoxy groups -OCH3 is 1. The van der Waals surface area contributed by atoms with Crippen molar-refractivity contribution in [1.29, 1.82) is 0 Å². The summed E-state index contributed by atoms with van der Waals surface area (Å²) in [5, 5.41) is 20.6. The number of aromatic nitrogens is 4. The Bertz CT molecular complexity index is 2730. The lowest BCUT2D eigenvalue weighted by Crippen LogP contribution is -2.38. The van der Waals surface area contributed by atoms with E-state index in [0.717, 1.165) is 22.3 Å². The van der Waals surface area contributed by atoms with Gasteiger partial charge in [0, 0.05) is 48.3 Å². The maximum atomic E-state index is 14.5. The van der Waals surface area contributed by atoms with E-state index in [-0.39, 0.29) is 45.9 Å². The second-order valence-electron chi connectivity index (χ2n) is 14.4. The number of urea groups is 2. The first-order valence-corrected chi connectivity index (χ1v) is 20.3. The van der Waals surface area contributed by atoms with Gasteiger partial charge in [0.2, 0.25) is 0 Å². The highest BCUT2D eigenvalue weighted by Gasteiger charge is 2.29. The van der Waals surface area contributed by atoms with Crippen LogP contribution in [0.15, 0.2) is 97.8 Å². The van der Waals surface area contributed by atoms with Crippen LogP contribution in [0, 0.1) is 11.6 Å². The van der Waals surface area contributed by atoms with Crippen LogP contribution in [-0.4, -0.2) is 56.2 Å². The lowest BCUT2D eigenvalue weighted by Gasteiger charge is -2.22. The van der Waals surface area contributed by atoms with Crippen LogP contribution in [0.3, 0.4) is 0 Å². The summed E-state index contributed by atoms with van der Waals surface area (Å²) in [5.41, 5.74) is 7.05. The van der Waals surface area contributed by atoms with E-state index in [1.807, 2.05) is 18.2 Å². The molecule has 18 heteroatoms. The van der Waals surface area contributed by atoms with Gasteiger partial charge < -0.3 is 31.1 Å². The number of fused-ring (bicyclic) bond motifs is 4. The van der Waals surface area contributed by atoms with Gasteiger partial charge >= 0.3 is 24.0 Å². The van der Waals surface area contributed by atoms with E-state index in [2.05, 4.69) is 45.9 Å². The lowest BCUT2D eigenvalue weighted by molar-refractivity contribution is 0.0599. The molecule has 322 valence electrons.